The number of nitrogens with zero attached hydrogens (tertiary/aromatic N) is 3. The van der Waals surface area contributed by atoms with Gasteiger partial charge in [-0.1, -0.05) is 11.6 Å². The third kappa shape index (κ3) is 5.73. The van der Waals surface area contributed by atoms with Gasteiger partial charge in [0.2, 0.25) is 5.91 Å². The van der Waals surface area contributed by atoms with Crippen LogP contribution < -0.4 is 5.32 Å². The lowest BCUT2D eigenvalue weighted by molar-refractivity contribution is -0.192. The summed E-state index contributed by atoms with van der Waals surface area (Å²) in [5.74, 6) is -1.92. The lowest BCUT2D eigenvalue weighted by Crippen LogP contribution is -2.50. The normalized spacial score (nSPS) is 26.6. The van der Waals surface area contributed by atoms with Crippen LogP contribution in [0.4, 0.5) is 23.7 Å². The van der Waals surface area contributed by atoms with E-state index in [9.17, 15) is 22.8 Å². The van der Waals surface area contributed by atoms with Crippen LogP contribution >= 0.6 is 11.6 Å². The molecule has 0 bridgehead atoms. The number of fused-ring (bicyclic) bond motifs is 2. The molecule has 3 aliphatic heterocycles. The van der Waals surface area contributed by atoms with Crippen LogP contribution in [0.2, 0.25) is 5.02 Å². The predicted octanol–water partition coefficient (Wildman–Crippen LogP) is 4.55. The van der Waals surface area contributed by atoms with E-state index in [0.717, 1.165) is 83.5 Å². The monoisotopic (exact) mass is 558 g/mol. The summed E-state index contributed by atoms with van der Waals surface area (Å²) in [4.78, 5) is 41.8. The minimum Gasteiger partial charge on any atom is -0.475 e. The van der Waals surface area contributed by atoms with Gasteiger partial charge in [0, 0.05) is 50.0 Å². The number of piperidine rings is 1. The maximum Gasteiger partial charge on any atom is 0.490 e. The fourth-order valence-electron chi connectivity index (χ4n) is 6.87. The summed E-state index contributed by atoms with van der Waals surface area (Å²) in [6, 6.07) is 7.19. The standard InChI is InChI=1S/C24H33ClN4O2.C2HF3O2/c1-27-16-20-23(8-9-24(20,17-27)21(30)28-12-2-3-13-28)10-14-29(15-11-23)22(31)26-19-6-4-18(25)5-7-19;3-2(4,5)1(6)7/h4-7,20H,2-3,8-17H2,1H3,(H,26,31);(H,6,7)/t20-,24+;/m0./s1. The zero-order valence-electron chi connectivity index (χ0n) is 21.4. The molecule has 4 aliphatic rings. The van der Waals surface area contributed by atoms with Crippen LogP contribution in [0.25, 0.3) is 0 Å². The number of halogens is 4. The van der Waals surface area contributed by atoms with E-state index in [1.54, 1.807) is 12.1 Å². The second kappa shape index (κ2) is 10.9. The zero-order valence-corrected chi connectivity index (χ0v) is 22.2. The maximum absolute atomic E-state index is 13.6. The number of rotatable bonds is 2. The molecule has 4 fully saturated rings. The first kappa shape index (κ1) is 28.5. The number of carbonyl (C=O) groups excluding carboxylic acids is 2. The number of nitrogens with one attached hydrogen (secondary N) is 1. The summed E-state index contributed by atoms with van der Waals surface area (Å²) in [6.45, 7) is 5.29. The molecule has 8 nitrogen and oxygen atoms in total. The van der Waals surface area contributed by atoms with E-state index in [0.29, 0.717) is 16.8 Å². The molecule has 12 heteroatoms. The molecule has 3 saturated heterocycles. The van der Waals surface area contributed by atoms with Gasteiger partial charge in [-0.2, -0.15) is 13.2 Å². The van der Waals surface area contributed by atoms with Crippen LogP contribution in [0, 0.1) is 16.7 Å². The number of amides is 3. The number of hydrogen-bond donors (Lipinski definition) is 2. The van der Waals surface area contributed by atoms with Crippen molar-refractivity contribution in [2.24, 2.45) is 16.7 Å². The van der Waals surface area contributed by atoms with Crippen LogP contribution in [0.5, 0.6) is 0 Å². The topological polar surface area (TPSA) is 93.2 Å². The van der Waals surface area contributed by atoms with Crippen molar-refractivity contribution in [1.29, 1.82) is 0 Å². The lowest BCUT2D eigenvalue weighted by Gasteiger charge is -2.44. The van der Waals surface area contributed by atoms with Crippen molar-refractivity contribution in [3.05, 3.63) is 29.3 Å². The molecule has 1 aromatic carbocycles. The minimum atomic E-state index is -5.08. The SMILES string of the molecule is CN1C[C@H]2C3(CCN(C(=O)Nc4ccc(Cl)cc4)CC3)CC[C@@]2(C(=O)N2CCCC2)C1.O=C(O)C(F)(F)F. The summed E-state index contributed by atoms with van der Waals surface area (Å²) in [7, 11) is 2.17. The molecule has 0 unspecified atom stereocenters. The van der Waals surface area contributed by atoms with Gasteiger partial charge in [0.1, 0.15) is 0 Å². The van der Waals surface area contributed by atoms with E-state index in [1.807, 2.05) is 17.0 Å². The molecular weight excluding hydrogens is 525 g/mol. The first-order valence-corrected chi connectivity index (χ1v) is 13.3. The fourth-order valence-corrected chi connectivity index (χ4v) is 7.00. The summed E-state index contributed by atoms with van der Waals surface area (Å²) in [5, 5.41) is 10.8. The Hall–Kier alpha value is -2.53. The Morgan fingerprint density at radius 1 is 0.974 bits per heavy atom. The Bertz CT molecular complexity index is 1040. The molecule has 1 saturated carbocycles. The maximum atomic E-state index is 13.6. The van der Waals surface area contributed by atoms with Crippen LogP contribution in [-0.2, 0) is 9.59 Å². The Labute approximate surface area is 225 Å². The highest BCUT2D eigenvalue weighted by molar-refractivity contribution is 6.30. The number of benzene rings is 1. The molecule has 3 amide bonds. The number of anilines is 1. The molecule has 5 rings (SSSR count). The molecule has 1 spiro atoms. The third-order valence-electron chi connectivity index (χ3n) is 8.73. The smallest absolute Gasteiger partial charge is 0.475 e. The van der Waals surface area contributed by atoms with E-state index < -0.39 is 12.1 Å². The number of likely N-dealkylation sites (tertiary alicyclic amines) is 3. The number of carboxylic acids is 1. The van der Waals surface area contributed by atoms with E-state index in [-0.39, 0.29) is 16.9 Å². The van der Waals surface area contributed by atoms with Gasteiger partial charge in [0.05, 0.1) is 5.41 Å². The summed E-state index contributed by atoms with van der Waals surface area (Å²) >= 11 is 5.94. The number of aliphatic carboxylic acids is 1. The second-order valence-electron chi connectivity index (χ2n) is 11.0. The minimum absolute atomic E-state index is 0.0434. The fraction of sp³-hybridized carbons (Fsp3) is 0.654. The zero-order chi connectivity index (χ0) is 27.7. The van der Waals surface area contributed by atoms with Crippen LogP contribution in [0.15, 0.2) is 24.3 Å². The van der Waals surface area contributed by atoms with Gasteiger partial charge in [-0.3, -0.25) is 4.79 Å². The number of carboxylic acid groups (broad SMARTS) is 1. The largest absolute Gasteiger partial charge is 0.490 e. The molecule has 38 heavy (non-hydrogen) atoms. The number of urea groups is 1. The van der Waals surface area contributed by atoms with Gasteiger partial charge in [-0.25, -0.2) is 9.59 Å². The van der Waals surface area contributed by atoms with Gasteiger partial charge >= 0.3 is 18.2 Å². The Balaban J connectivity index is 0.000000426. The van der Waals surface area contributed by atoms with Crippen LogP contribution in [-0.4, -0.2) is 90.2 Å². The van der Waals surface area contributed by atoms with Gasteiger partial charge in [-0.05, 0) is 81.2 Å². The Morgan fingerprint density at radius 2 is 1.55 bits per heavy atom. The first-order chi connectivity index (χ1) is 17.9. The molecule has 1 aromatic rings. The van der Waals surface area contributed by atoms with Crippen molar-refractivity contribution < 1.29 is 32.7 Å². The third-order valence-corrected chi connectivity index (χ3v) is 8.98. The lowest BCUT2D eigenvalue weighted by atomic mass is 9.65. The average molecular weight is 559 g/mol. The van der Waals surface area contributed by atoms with Crippen molar-refractivity contribution in [2.75, 3.05) is 51.6 Å². The second-order valence-corrected chi connectivity index (χ2v) is 11.4. The van der Waals surface area contributed by atoms with E-state index in [1.165, 1.54) is 0 Å². The summed E-state index contributed by atoms with van der Waals surface area (Å²) < 4.78 is 31.7. The van der Waals surface area contributed by atoms with Gasteiger partial charge < -0.3 is 25.1 Å². The molecule has 2 N–H and O–H groups in total. The van der Waals surface area contributed by atoms with Crippen molar-refractivity contribution in [3.8, 4) is 0 Å². The highest BCUT2D eigenvalue weighted by Crippen LogP contribution is 2.62. The molecule has 0 radical (unpaired) electrons. The molecule has 0 aromatic heterocycles. The molecular formula is C26H34ClF3N4O4. The molecule has 3 heterocycles. The van der Waals surface area contributed by atoms with E-state index >= 15 is 0 Å². The number of alkyl halides is 3. The predicted molar refractivity (Wildman–Crippen MR) is 136 cm³/mol. The van der Waals surface area contributed by atoms with Crippen molar-refractivity contribution >= 4 is 35.2 Å². The summed E-state index contributed by atoms with van der Waals surface area (Å²) in [6.07, 6.45) is 1.32. The number of hydrogen-bond acceptors (Lipinski definition) is 4. The van der Waals surface area contributed by atoms with Crippen LogP contribution in [0.3, 0.4) is 0 Å². The van der Waals surface area contributed by atoms with E-state index in [4.69, 9.17) is 21.5 Å². The Kier molecular flexibility index (Phi) is 8.18. The first-order valence-electron chi connectivity index (χ1n) is 13.0. The van der Waals surface area contributed by atoms with Gasteiger partial charge in [-0.15, -0.1) is 0 Å². The van der Waals surface area contributed by atoms with Gasteiger partial charge in [0.25, 0.3) is 0 Å². The highest BCUT2D eigenvalue weighted by atomic mass is 35.5. The van der Waals surface area contributed by atoms with E-state index in [2.05, 4.69) is 22.2 Å². The van der Waals surface area contributed by atoms with Gasteiger partial charge in [0.15, 0.2) is 0 Å². The van der Waals surface area contributed by atoms with Crippen molar-refractivity contribution in [3.63, 3.8) is 0 Å². The van der Waals surface area contributed by atoms with Crippen molar-refractivity contribution in [2.45, 2.75) is 44.7 Å². The molecule has 1 aliphatic carbocycles. The quantitative estimate of drug-likeness (QED) is 0.555. The number of carbonyl (C=O) groups is 3. The molecule has 2 atom stereocenters. The molecule has 210 valence electrons. The van der Waals surface area contributed by atoms with Crippen molar-refractivity contribution in [1.82, 2.24) is 14.7 Å². The highest BCUT2D eigenvalue weighted by Gasteiger charge is 2.64. The average Bonchev–Trinajstić information content (AvgIpc) is 3.58. The summed E-state index contributed by atoms with van der Waals surface area (Å²) in [5.41, 5.74) is 0.757. The Morgan fingerprint density at radius 3 is 2.11 bits per heavy atom. The van der Waals surface area contributed by atoms with Crippen LogP contribution in [0.1, 0.15) is 38.5 Å².